The van der Waals surface area contributed by atoms with Crippen LogP contribution in [-0.4, -0.2) is 17.8 Å². The summed E-state index contributed by atoms with van der Waals surface area (Å²) in [7, 11) is 1.88. The zero-order valence-corrected chi connectivity index (χ0v) is 8.23. The SMILES string of the molecule is CNCCc1ccc(S(=O)F)cc1. The number of benzene rings is 1. The highest BCUT2D eigenvalue weighted by Crippen LogP contribution is 2.09. The lowest BCUT2D eigenvalue weighted by Gasteiger charge is -2.00. The molecule has 1 atom stereocenters. The minimum Gasteiger partial charge on any atom is -0.319 e. The molecule has 1 N–H and O–H groups in total. The van der Waals surface area contributed by atoms with Crippen LogP contribution in [0.25, 0.3) is 0 Å². The van der Waals surface area contributed by atoms with Gasteiger partial charge in [-0.1, -0.05) is 12.1 Å². The van der Waals surface area contributed by atoms with Gasteiger partial charge in [0.2, 0.25) is 11.2 Å². The van der Waals surface area contributed by atoms with Gasteiger partial charge in [-0.2, -0.15) is 0 Å². The third kappa shape index (κ3) is 3.24. The average Bonchev–Trinajstić information content (AvgIpc) is 2.15. The number of halogens is 1. The van der Waals surface area contributed by atoms with Gasteiger partial charge in [0.15, 0.2) is 0 Å². The molecule has 0 aromatic heterocycles. The molecule has 0 fully saturated rings. The van der Waals surface area contributed by atoms with Crippen LogP contribution in [0.4, 0.5) is 3.89 Å². The number of rotatable bonds is 4. The Balaban J connectivity index is 2.64. The van der Waals surface area contributed by atoms with Gasteiger partial charge >= 0.3 is 0 Å². The molecule has 0 saturated carbocycles. The van der Waals surface area contributed by atoms with E-state index in [-0.39, 0.29) is 4.90 Å². The van der Waals surface area contributed by atoms with Crippen LogP contribution in [0, 0.1) is 0 Å². The molecule has 0 radical (unpaired) electrons. The van der Waals surface area contributed by atoms with Crippen LogP contribution in [-0.2, 0) is 17.6 Å². The van der Waals surface area contributed by atoms with Gasteiger partial charge in [-0.15, -0.1) is 3.89 Å². The second-order valence-corrected chi connectivity index (χ2v) is 3.64. The molecule has 0 spiro atoms. The van der Waals surface area contributed by atoms with Crippen LogP contribution in [0.15, 0.2) is 29.2 Å². The van der Waals surface area contributed by atoms with Crippen LogP contribution in [0.3, 0.4) is 0 Å². The van der Waals surface area contributed by atoms with Crippen LogP contribution in [0.2, 0.25) is 0 Å². The van der Waals surface area contributed by atoms with E-state index in [0.29, 0.717) is 0 Å². The topological polar surface area (TPSA) is 29.1 Å². The minimum atomic E-state index is -2.36. The normalized spacial score (nSPS) is 12.8. The highest BCUT2D eigenvalue weighted by atomic mass is 32.2. The molecule has 0 heterocycles. The molecule has 1 rings (SSSR count). The first-order valence-electron chi connectivity index (χ1n) is 4.05. The molecular weight excluding hydrogens is 189 g/mol. The molecule has 0 amide bonds. The van der Waals surface area contributed by atoms with Crippen molar-refractivity contribution in [3.63, 3.8) is 0 Å². The van der Waals surface area contributed by atoms with Crippen molar-refractivity contribution in [3.8, 4) is 0 Å². The van der Waals surface area contributed by atoms with Crippen LogP contribution in [0.1, 0.15) is 5.56 Å². The Hall–Kier alpha value is -0.740. The third-order valence-corrected chi connectivity index (χ3v) is 2.42. The summed E-state index contributed by atoms with van der Waals surface area (Å²) in [6.07, 6.45) is 0.899. The average molecular weight is 201 g/mol. The first kappa shape index (κ1) is 10.3. The van der Waals surface area contributed by atoms with Crippen molar-refractivity contribution in [2.24, 2.45) is 0 Å². The van der Waals surface area contributed by atoms with Crippen molar-refractivity contribution in [2.45, 2.75) is 11.3 Å². The number of likely N-dealkylation sites (N-methyl/N-ethyl adjacent to an activating group) is 1. The summed E-state index contributed by atoms with van der Waals surface area (Å²) in [6.45, 7) is 0.887. The fourth-order valence-electron chi connectivity index (χ4n) is 1.03. The largest absolute Gasteiger partial charge is 0.319 e. The second-order valence-electron chi connectivity index (χ2n) is 2.72. The Morgan fingerprint density at radius 3 is 2.46 bits per heavy atom. The molecule has 1 aromatic carbocycles. The van der Waals surface area contributed by atoms with Gasteiger partial charge in [-0.05, 0) is 37.7 Å². The quantitative estimate of drug-likeness (QED) is 0.747. The van der Waals surface area contributed by atoms with E-state index in [0.717, 1.165) is 18.5 Å². The molecule has 2 nitrogen and oxygen atoms in total. The monoisotopic (exact) mass is 201 g/mol. The van der Waals surface area contributed by atoms with E-state index >= 15 is 0 Å². The zero-order chi connectivity index (χ0) is 9.68. The van der Waals surface area contributed by atoms with E-state index in [4.69, 9.17) is 0 Å². The molecule has 0 bridgehead atoms. The van der Waals surface area contributed by atoms with Gasteiger partial charge in [-0.3, -0.25) is 0 Å². The maximum atomic E-state index is 12.3. The maximum Gasteiger partial charge on any atom is 0.231 e. The van der Waals surface area contributed by atoms with E-state index in [9.17, 15) is 8.09 Å². The predicted octanol–water partition coefficient (Wildman–Crippen LogP) is 1.44. The minimum absolute atomic E-state index is 0.230. The Bertz CT molecular complexity index is 286. The predicted molar refractivity (Wildman–Crippen MR) is 51.6 cm³/mol. The third-order valence-electron chi connectivity index (χ3n) is 1.77. The van der Waals surface area contributed by atoms with Crippen molar-refractivity contribution in [1.82, 2.24) is 5.32 Å². The summed E-state index contributed by atoms with van der Waals surface area (Å²) in [5, 5.41) is 3.02. The smallest absolute Gasteiger partial charge is 0.231 e. The van der Waals surface area contributed by atoms with Gasteiger partial charge in [0.05, 0.1) is 4.90 Å². The molecule has 0 aliphatic carbocycles. The summed E-state index contributed by atoms with van der Waals surface area (Å²) < 4.78 is 22.7. The van der Waals surface area contributed by atoms with Crippen LogP contribution < -0.4 is 5.32 Å². The first-order valence-corrected chi connectivity index (χ1v) is 5.10. The van der Waals surface area contributed by atoms with Crippen LogP contribution in [0.5, 0.6) is 0 Å². The number of nitrogens with one attached hydrogen (secondary N) is 1. The van der Waals surface area contributed by atoms with Crippen molar-refractivity contribution in [2.75, 3.05) is 13.6 Å². The van der Waals surface area contributed by atoms with Gasteiger partial charge in [0.25, 0.3) is 0 Å². The van der Waals surface area contributed by atoms with Gasteiger partial charge in [0.1, 0.15) is 0 Å². The first-order chi connectivity index (χ1) is 6.24. The summed E-state index contributed by atoms with van der Waals surface area (Å²) in [5.41, 5.74) is 1.11. The molecule has 0 saturated heterocycles. The highest BCUT2D eigenvalue weighted by molar-refractivity contribution is 7.79. The lowest BCUT2D eigenvalue weighted by molar-refractivity contribution is 0.649. The lowest BCUT2D eigenvalue weighted by Crippen LogP contribution is -2.10. The number of hydrogen-bond donors (Lipinski definition) is 1. The molecule has 72 valence electrons. The fourth-order valence-corrected chi connectivity index (χ4v) is 1.38. The van der Waals surface area contributed by atoms with E-state index in [1.54, 1.807) is 24.3 Å². The van der Waals surface area contributed by atoms with Crippen molar-refractivity contribution >= 4 is 11.2 Å². The van der Waals surface area contributed by atoms with E-state index in [2.05, 4.69) is 5.32 Å². The lowest BCUT2D eigenvalue weighted by atomic mass is 10.1. The summed E-state index contributed by atoms with van der Waals surface area (Å²) >= 11 is -2.36. The van der Waals surface area contributed by atoms with Crippen molar-refractivity contribution in [1.29, 1.82) is 0 Å². The van der Waals surface area contributed by atoms with Gasteiger partial charge < -0.3 is 5.32 Å². The molecule has 1 aromatic rings. The van der Waals surface area contributed by atoms with Crippen molar-refractivity contribution < 1.29 is 8.09 Å². The van der Waals surface area contributed by atoms with E-state index in [1.807, 2.05) is 7.05 Å². The molecular formula is C9H12FNOS. The van der Waals surface area contributed by atoms with E-state index in [1.165, 1.54) is 0 Å². The van der Waals surface area contributed by atoms with Crippen LogP contribution >= 0.6 is 0 Å². The highest BCUT2D eigenvalue weighted by Gasteiger charge is 2.00. The van der Waals surface area contributed by atoms with E-state index < -0.39 is 11.2 Å². The fraction of sp³-hybridized carbons (Fsp3) is 0.333. The maximum absolute atomic E-state index is 12.3. The molecule has 13 heavy (non-hydrogen) atoms. The zero-order valence-electron chi connectivity index (χ0n) is 7.42. The second kappa shape index (κ2) is 5.09. The number of hydrogen-bond acceptors (Lipinski definition) is 2. The molecule has 1 unspecified atom stereocenters. The Morgan fingerprint density at radius 1 is 1.38 bits per heavy atom. The summed E-state index contributed by atoms with van der Waals surface area (Å²) in [5.74, 6) is 0. The van der Waals surface area contributed by atoms with Crippen molar-refractivity contribution in [3.05, 3.63) is 29.8 Å². The Morgan fingerprint density at radius 2 is 2.00 bits per heavy atom. The summed E-state index contributed by atoms with van der Waals surface area (Å²) in [4.78, 5) is 0.230. The summed E-state index contributed by atoms with van der Waals surface area (Å²) in [6, 6.07) is 6.70. The Labute approximate surface area is 79.9 Å². The standard InChI is InChI=1S/C9H12FNOS/c1-11-7-6-8-2-4-9(5-3-8)13(10)12/h2-5,11H,6-7H2,1H3. The molecule has 0 aliphatic heterocycles. The molecule has 4 heteroatoms. The molecule has 0 aliphatic rings. The van der Waals surface area contributed by atoms with Gasteiger partial charge in [-0.25, -0.2) is 4.21 Å². The van der Waals surface area contributed by atoms with Gasteiger partial charge in [0, 0.05) is 0 Å². The Kier molecular flexibility index (Phi) is 4.05.